The number of nitrogens with zero attached hydrogens (tertiary/aromatic N) is 3. The summed E-state index contributed by atoms with van der Waals surface area (Å²) in [4.78, 5) is 6.53. The van der Waals surface area contributed by atoms with Crippen molar-refractivity contribution in [1.29, 1.82) is 10.8 Å². The second-order valence-electron chi connectivity index (χ2n) is 9.03. The van der Waals surface area contributed by atoms with Crippen LogP contribution in [0.3, 0.4) is 0 Å². The molecule has 1 fully saturated rings. The number of nitrogens with one attached hydrogen (secondary N) is 2. The van der Waals surface area contributed by atoms with E-state index in [1.54, 1.807) is 19.1 Å². The minimum Gasteiger partial charge on any atom is -0.378 e. The number of aromatic nitrogens is 2. The van der Waals surface area contributed by atoms with Gasteiger partial charge in [0.25, 0.3) is 0 Å². The fraction of sp³-hybridized carbons (Fsp3) is 0.346. The number of rotatable bonds is 1. The summed E-state index contributed by atoms with van der Waals surface area (Å²) in [5, 5.41) is 16.9. The van der Waals surface area contributed by atoms with Gasteiger partial charge in [-0.1, -0.05) is 24.0 Å². The van der Waals surface area contributed by atoms with E-state index in [1.807, 2.05) is 23.1 Å². The summed E-state index contributed by atoms with van der Waals surface area (Å²) < 4.78 is 21.9. The highest BCUT2D eigenvalue weighted by Crippen LogP contribution is 2.37. The van der Waals surface area contributed by atoms with Gasteiger partial charge in [-0.15, -0.1) is 0 Å². The van der Waals surface area contributed by atoms with Crippen molar-refractivity contribution in [3.8, 4) is 11.8 Å². The van der Waals surface area contributed by atoms with Crippen molar-refractivity contribution in [2.24, 2.45) is 5.41 Å². The van der Waals surface area contributed by atoms with E-state index in [4.69, 9.17) is 15.6 Å². The van der Waals surface area contributed by atoms with E-state index in [0.29, 0.717) is 36.5 Å². The Morgan fingerprint density at radius 3 is 2.70 bits per heavy atom. The van der Waals surface area contributed by atoms with Crippen LogP contribution in [0.4, 0.5) is 15.9 Å². The summed E-state index contributed by atoms with van der Waals surface area (Å²) >= 11 is 0. The van der Waals surface area contributed by atoms with E-state index in [-0.39, 0.29) is 16.9 Å². The first-order valence-electron chi connectivity index (χ1n) is 11.2. The molecule has 168 valence electrons. The highest BCUT2D eigenvalue weighted by molar-refractivity contribution is 5.98. The first-order valence-corrected chi connectivity index (χ1v) is 11.2. The van der Waals surface area contributed by atoms with Crippen LogP contribution in [0.5, 0.6) is 0 Å². The molecular formula is C26H26FN5O. The van der Waals surface area contributed by atoms with Gasteiger partial charge >= 0.3 is 0 Å². The lowest BCUT2D eigenvalue weighted by atomic mass is 9.89. The van der Waals surface area contributed by atoms with Gasteiger partial charge in [-0.25, -0.2) is 4.39 Å². The average molecular weight is 444 g/mol. The lowest BCUT2D eigenvalue weighted by molar-refractivity contribution is -0.0648. The molecule has 3 aromatic rings. The van der Waals surface area contributed by atoms with Crippen LogP contribution in [0.25, 0.3) is 10.9 Å². The molecular weight excluding hydrogens is 417 g/mol. The maximum Gasteiger partial charge on any atom is 0.230 e. The van der Waals surface area contributed by atoms with Gasteiger partial charge in [0.05, 0.1) is 29.5 Å². The molecule has 1 saturated heterocycles. The Morgan fingerprint density at radius 2 is 1.97 bits per heavy atom. The number of fused-ring (bicyclic) bond motifs is 2. The molecule has 0 bridgehead atoms. The third-order valence-electron chi connectivity index (χ3n) is 6.31. The van der Waals surface area contributed by atoms with E-state index in [1.165, 1.54) is 10.6 Å². The summed E-state index contributed by atoms with van der Waals surface area (Å²) in [6.07, 6.45) is 2.78. The molecule has 0 aliphatic carbocycles. The van der Waals surface area contributed by atoms with Gasteiger partial charge in [-0.3, -0.25) is 15.4 Å². The van der Waals surface area contributed by atoms with Crippen molar-refractivity contribution in [1.82, 2.24) is 9.55 Å². The van der Waals surface area contributed by atoms with Gasteiger partial charge in [-0.2, -0.15) is 4.98 Å². The second kappa shape index (κ2) is 8.13. The molecule has 0 amide bonds. The van der Waals surface area contributed by atoms with Crippen molar-refractivity contribution in [2.75, 3.05) is 24.7 Å². The minimum atomic E-state index is -0.412. The Kier molecular flexibility index (Phi) is 5.26. The van der Waals surface area contributed by atoms with Crippen LogP contribution in [-0.2, 0) is 11.2 Å². The van der Waals surface area contributed by atoms with Crippen molar-refractivity contribution in [3.05, 3.63) is 59.0 Å². The predicted molar refractivity (Wildman–Crippen MR) is 127 cm³/mol. The molecule has 2 N–H and O–H groups in total. The smallest absolute Gasteiger partial charge is 0.230 e. The SMILES string of the molecule is CC(=N)n1c(=N)nc(N2CCCCc3c(C#CC4(C)COC4)cccc32)c2c(F)cccc21. The normalized spacial score (nSPS) is 16.9. The fourth-order valence-electron chi connectivity index (χ4n) is 4.59. The Hall–Kier alpha value is -3.50. The van der Waals surface area contributed by atoms with Crippen LogP contribution < -0.4 is 10.5 Å². The number of halogens is 1. The van der Waals surface area contributed by atoms with E-state index in [9.17, 15) is 0 Å². The third kappa shape index (κ3) is 3.70. The van der Waals surface area contributed by atoms with Gasteiger partial charge in [0.15, 0.2) is 0 Å². The Labute approximate surface area is 192 Å². The van der Waals surface area contributed by atoms with Crippen molar-refractivity contribution in [2.45, 2.75) is 33.1 Å². The zero-order chi connectivity index (χ0) is 23.2. The summed E-state index contributed by atoms with van der Waals surface area (Å²) in [5.41, 5.74) is 3.34. The summed E-state index contributed by atoms with van der Waals surface area (Å²) in [5.74, 6) is 6.88. The van der Waals surface area contributed by atoms with Gasteiger partial charge in [0.1, 0.15) is 17.5 Å². The maximum atomic E-state index is 15.2. The fourth-order valence-corrected chi connectivity index (χ4v) is 4.59. The molecule has 3 heterocycles. The van der Waals surface area contributed by atoms with Gasteiger partial charge in [0.2, 0.25) is 5.62 Å². The molecule has 2 aromatic carbocycles. The molecule has 0 spiro atoms. The van der Waals surface area contributed by atoms with Crippen molar-refractivity contribution >= 4 is 28.2 Å². The number of hydrogen-bond acceptors (Lipinski definition) is 5. The second-order valence-corrected chi connectivity index (χ2v) is 9.03. The van der Waals surface area contributed by atoms with Crippen LogP contribution in [0.2, 0.25) is 0 Å². The molecule has 0 unspecified atom stereocenters. The number of benzene rings is 2. The standard InChI is InChI=1S/C26H26FN5O/c1-17(28)32-22-11-6-9-20(27)23(22)24(30-25(32)29)31-14-4-3-8-19-18(7-5-10-21(19)31)12-13-26(2)15-33-16-26/h5-7,9-11,28-29H,3-4,8,14-16H2,1-2H3. The van der Waals surface area contributed by atoms with Crippen molar-refractivity contribution < 1.29 is 9.13 Å². The molecule has 0 radical (unpaired) electrons. The molecule has 0 saturated carbocycles. The molecule has 5 rings (SSSR count). The Morgan fingerprint density at radius 1 is 1.18 bits per heavy atom. The first kappa shape index (κ1) is 21.4. The van der Waals surface area contributed by atoms with E-state index in [2.05, 4.69) is 23.7 Å². The predicted octanol–water partition coefficient (Wildman–Crippen LogP) is 4.36. The van der Waals surface area contributed by atoms with Crippen molar-refractivity contribution in [3.63, 3.8) is 0 Å². The van der Waals surface area contributed by atoms with Gasteiger partial charge < -0.3 is 9.64 Å². The number of hydrogen-bond donors (Lipinski definition) is 2. The lowest BCUT2D eigenvalue weighted by Crippen LogP contribution is -2.38. The van der Waals surface area contributed by atoms with E-state index in [0.717, 1.165) is 36.1 Å². The summed E-state index contributed by atoms with van der Waals surface area (Å²) in [6, 6.07) is 10.8. The molecule has 6 nitrogen and oxygen atoms in total. The van der Waals surface area contributed by atoms with E-state index >= 15 is 4.39 Å². The highest BCUT2D eigenvalue weighted by Gasteiger charge is 2.31. The maximum absolute atomic E-state index is 15.2. The first-order chi connectivity index (χ1) is 15.9. The lowest BCUT2D eigenvalue weighted by Gasteiger charge is -2.32. The van der Waals surface area contributed by atoms with Crippen LogP contribution in [0, 0.1) is 33.9 Å². The Balaban J connectivity index is 1.71. The molecule has 2 aliphatic heterocycles. The quantitative estimate of drug-likeness (QED) is 0.333. The topological polar surface area (TPSA) is 78.0 Å². The molecule has 2 aliphatic rings. The van der Waals surface area contributed by atoms with Crippen LogP contribution in [0.15, 0.2) is 36.4 Å². The molecule has 0 atom stereocenters. The Bertz CT molecular complexity index is 1390. The molecule has 1 aromatic heterocycles. The number of ether oxygens (including phenoxy) is 1. The van der Waals surface area contributed by atoms with Crippen LogP contribution in [0.1, 0.15) is 37.8 Å². The molecule has 33 heavy (non-hydrogen) atoms. The van der Waals surface area contributed by atoms with E-state index < -0.39 is 5.82 Å². The highest BCUT2D eigenvalue weighted by atomic mass is 19.1. The van der Waals surface area contributed by atoms with Gasteiger partial charge in [0, 0.05) is 17.8 Å². The monoisotopic (exact) mass is 443 g/mol. The van der Waals surface area contributed by atoms with Crippen LogP contribution in [-0.4, -0.2) is 35.1 Å². The van der Waals surface area contributed by atoms with Gasteiger partial charge in [-0.05, 0) is 62.9 Å². The third-order valence-corrected chi connectivity index (χ3v) is 6.31. The largest absolute Gasteiger partial charge is 0.378 e. The zero-order valence-electron chi connectivity index (χ0n) is 18.8. The minimum absolute atomic E-state index is 0.0877. The average Bonchev–Trinajstić information content (AvgIpc) is 2.98. The zero-order valence-corrected chi connectivity index (χ0v) is 18.8. The summed E-state index contributed by atoms with van der Waals surface area (Å²) in [7, 11) is 0. The molecule has 7 heteroatoms. The van der Waals surface area contributed by atoms with Crippen LogP contribution >= 0.6 is 0 Å². The summed E-state index contributed by atoms with van der Waals surface area (Å²) in [6.45, 7) is 5.65. The number of anilines is 2.